The Morgan fingerprint density at radius 3 is 2.86 bits per heavy atom. The first-order valence-electron chi connectivity index (χ1n) is 3.91. The summed E-state index contributed by atoms with van der Waals surface area (Å²) in [4.78, 5) is 21.8. The molecular weight excluding hydrogens is 222 g/mol. The number of nitrogens with zero attached hydrogens (tertiary/aromatic N) is 1. The third kappa shape index (κ3) is 2.81. The van der Waals surface area contributed by atoms with Gasteiger partial charge in [0.2, 0.25) is 0 Å². The van der Waals surface area contributed by atoms with Gasteiger partial charge < -0.3 is 0 Å². The fourth-order valence-electron chi connectivity index (χ4n) is 0.894. The molecule has 0 aliphatic carbocycles. The monoisotopic (exact) mass is 231 g/mol. The molecule has 1 aromatic rings. The molecule has 0 radical (unpaired) electrons. The lowest BCUT2D eigenvalue weighted by atomic mass is 10.3. The molecule has 0 spiro atoms. The van der Waals surface area contributed by atoms with Crippen LogP contribution in [-0.4, -0.2) is 22.7 Å². The van der Waals surface area contributed by atoms with Crippen LogP contribution in [0, 0.1) is 10.1 Å². The Hall–Kier alpha value is -0.880. The van der Waals surface area contributed by atoms with Crippen molar-refractivity contribution in [2.75, 3.05) is 12.0 Å². The van der Waals surface area contributed by atoms with E-state index in [-0.39, 0.29) is 10.8 Å². The lowest BCUT2D eigenvalue weighted by Gasteiger charge is -1.93. The molecule has 0 atom stereocenters. The maximum Gasteiger partial charge on any atom is 0.324 e. The van der Waals surface area contributed by atoms with Crippen LogP contribution in [0.1, 0.15) is 16.1 Å². The molecule has 0 bridgehead atoms. The van der Waals surface area contributed by atoms with Gasteiger partial charge in [0.25, 0.3) is 0 Å². The topological polar surface area (TPSA) is 60.2 Å². The summed E-state index contributed by atoms with van der Waals surface area (Å²) in [5.74, 6) is 0.738. The number of ketones is 1. The molecule has 76 valence electrons. The Morgan fingerprint density at radius 2 is 2.36 bits per heavy atom. The highest BCUT2D eigenvalue weighted by atomic mass is 32.2. The maximum absolute atomic E-state index is 11.4. The van der Waals surface area contributed by atoms with E-state index in [0.29, 0.717) is 11.3 Å². The third-order valence-electron chi connectivity index (χ3n) is 1.58. The van der Waals surface area contributed by atoms with Crippen LogP contribution >= 0.6 is 23.1 Å². The quantitative estimate of drug-likeness (QED) is 0.444. The van der Waals surface area contributed by atoms with Crippen LogP contribution in [0.5, 0.6) is 0 Å². The van der Waals surface area contributed by atoms with E-state index in [2.05, 4.69) is 0 Å². The fraction of sp³-hybridized carbons (Fsp3) is 0.375. The zero-order valence-corrected chi connectivity index (χ0v) is 9.19. The van der Waals surface area contributed by atoms with Gasteiger partial charge in [0.1, 0.15) is 0 Å². The van der Waals surface area contributed by atoms with E-state index in [1.165, 1.54) is 12.1 Å². The minimum atomic E-state index is -0.476. The summed E-state index contributed by atoms with van der Waals surface area (Å²) in [6, 6.07) is 2.89. The van der Waals surface area contributed by atoms with Crippen molar-refractivity contribution < 1.29 is 9.72 Å². The molecule has 14 heavy (non-hydrogen) atoms. The number of rotatable bonds is 5. The number of hydrogen-bond donors (Lipinski definition) is 0. The fourth-order valence-corrected chi connectivity index (χ4v) is 2.07. The molecule has 0 N–H and O–H groups in total. The van der Waals surface area contributed by atoms with Crippen molar-refractivity contribution in [2.24, 2.45) is 0 Å². The predicted octanol–water partition coefficient (Wildman–Crippen LogP) is 2.59. The van der Waals surface area contributed by atoms with Crippen LogP contribution in [0.15, 0.2) is 12.1 Å². The zero-order chi connectivity index (χ0) is 10.6. The predicted molar refractivity (Wildman–Crippen MR) is 58.3 cm³/mol. The SMILES string of the molecule is CSCCC(=O)c1ccc([N+](=O)[O-])s1. The maximum atomic E-state index is 11.4. The van der Waals surface area contributed by atoms with Crippen LogP contribution in [0.2, 0.25) is 0 Å². The van der Waals surface area contributed by atoms with E-state index in [9.17, 15) is 14.9 Å². The van der Waals surface area contributed by atoms with Crippen LogP contribution in [-0.2, 0) is 0 Å². The molecule has 0 saturated carbocycles. The van der Waals surface area contributed by atoms with Gasteiger partial charge in [-0.3, -0.25) is 14.9 Å². The van der Waals surface area contributed by atoms with E-state index in [0.717, 1.165) is 17.1 Å². The molecule has 0 fully saturated rings. The molecule has 0 aliphatic rings. The average molecular weight is 231 g/mol. The first kappa shape index (κ1) is 11.2. The second kappa shape index (κ2) is 5.11. The van der Waals surface area contributed by atoms with Crippen molar-refractivity contribution in [1.29, 1.82) is 0 Å². The Balaban J connectivity index is 2.66. The summed E-state index contributed by atoms with van der Waals surface area (Å²) in [5, 5.41) is 10.4. The van der Waals surface area contributed by atoms with Crippen LogP contribution in [0.25, 0.3) is 0 Å². The molecule has 0 unspecified atom stereocenters. The van der Waals surface area contributed by atoms with Crippen molar-refractivity contribution in [3.05, 3.63) is 27.1 Å². The first-order chi connectivity index (χ1) is 6.65. The van der Waals surface area contributed by atoms with E-state index in [1.807, 2.05) is 6.26 Å². The molecule has 1 aromatic heterocycles. The van der Waals surface area contributed by atoms with Gasteiger partial charge in [-0.05, 0) is 12.3 Å². The number of Topliss-reactive ketones (excluding diaryl/α,β-unsaturated/α-hetero) is 1. The van der Waals surface area contributed by atoms with Gasteiger partial charge in [0.15, 0.2) is 5.78 Å². The molecule has 0 saturated heterocycles. The first-order valence-corrected chi connectivity index (χ1v) is 6.12. The Morgan fingerprint density at radius 1 is 1.64 bits per heavy atom. The van der Waals surface area contributed by atoms with E-state index >= 15 is 0 Å². The minimum absolute atomic E-state index is 0.0162. The molecule has 0 aliphatic heterocycles. The molecular formula is C8H9NO3S2. The smallest absolute Gasteiger partial charge is 0.293 e. The molecule has 0 aromatic carbocycles. The highest BCUT2D eigenvalue weighted by molar-refractivity contribution is 7.98. The van der Waals surface area contributed by atoms with Crippen molar-refractivity contribution in [2.45, 2.75) is 6.42 Å². The summed E-state index contributed by atoms with van der Waals surface area (Å²) in [6.07, 6.45) is 2.36. The number of carbonyl (C=O) groups is 1. The highest BCUT2D eigenvalue weighted by Gasteiger charge is 2.14. The van der Waals surface area contributed by atoms with Gasteiger partial charge >= 0.3 is 5.00 Å². The second-order valence-electron chi connectivity index (χ2n) is 2.56. The van der Waals surface area contributed by atoms with Crippen molar-refractivity contribution in [3.8, 4) is 0 Å². The highest BCUT2D eigenvalue weighted by Crippen LogP contribution is 2.25. The van der Waals surface area contributed by atoms with Gasteiger partial charge in [-0.2, -0.15) is 11.8 Å². The van der Waals surface area contributed by atoms with Gasteiger partial charge in [0, 0.05) is 18.2 Å². The van der Waals surface area contributed by atoms with Gasteiger partial charge in [0.05, 0.1) is 9.80 Å². The summed E-state index contributed by atoms with van der Waals surface area (Å²) >= 11 is 2.53. The molecule has 1 rings (SSSR count). The minimum Gasteiger partial charge on any atom is -0.293 e. The van der Waals surface area contributed by atoms with Gasteiger partial charge in [-0.15, -0.1) is 0 Å². The van der Waals surface area contributed by atoms with Crippen LogP contribution in [0.3, 0.4) is 0 Å². The summed E-state index contributed by atoms with van der Waals surface area (Å²) in [6.45, 7) is 0. The normalized spacial score (nSPS) is 10.1. The summed E-state index contributed by atoms with van der Waals surface area (Å²) in [7, 11) is 0. The lowest BCUT2D eigenvalue weighted by Crippen LogP contribution is -1.96. The number of thioether (sulfide) groups is 1. The van der Waals surface area contributed by atoms with Gasteiger partial charge in [-0.25, -0.2) is 0 Å². The van der Waals surface area contributed by atoms with E-state index in [1.54, 1.807) is 11.8 Å². The van der Waals surface area contributed by atoms with Crippen molar-refractivity contribution >= 4 is 33.9 Å². The number of carbonyl (C=O) groups excluding carboxylic acids is 1. The van der Waals surface area contributed by atoms with Gasteiger partial charge in [-0.1, -0.05) is 11.3 Å². The standard InChI is InChI=1S/C8H9NO3S2/c1-13-5-4-6(10)7-2-3-8(14-7)9(11)12/h2-3H,4-5H2,1H3. The Bertz CT molecular complexity index is 348. The van der Waals surface area contributed by atoms with Crippen molar-refractivity contribution in [1.82, 2.24) is 0 Å². The second-order valence-corrected chi connectivity index (χ2v) is 4.61. The number of hydrogen-bond acceptors (Lipinski definition) is 5. The Labute approximate surface area is 89.5 Å². The largest absolute Gasteiger partial charge is 0.324 e. The Kier molecular flexibility index (Phi) is 4.09. The van der Waals surface area contributed by atoms with E-state index < -0.39 is 4.92 Å². The number of nitro groups is 1. The van der Waals surface area contributed by atoms with Crippen LogP contribution in [0.4, 0.5) is 5.00 Å². The summed E-state index contributed by atoms with van der Waals surface area (Å²) in [5.41, 5.74) is 0. The van der Waals surface area contributed by atoms with Crippen molar-refractivity contribution in [3.63, 3.8) is 0 Å². The van der Waals surface area contributed by atoms with Crippen LogP contribution < -0.4 is 0 Å². The molecule has 0 amide bonds. The van der Waals surface area contributed by atoms with E-state index in [4.69, 9.17) is 0 Å². The number of thiophene rings is 1. The summed E-state index contributed by atoms with van der Waals surface area (Å²) < 4.78 is 0. The molecule has 6 heteroatoms. The molecule has 1 heterocycles. The lowest BCUT2D eigenvalue weighted by molar-refractivity contribution is -0.380. The average Bonchev–Trinajstić information content (AvgIpc) is 2.62. The molecule has 4 nitrogen and oxygen atoms in total. The zero-order valence-electron chi connectivity index (χ0n) is 7.56. The third-order valence-corrected chi connectivity index (χ3v) is 3.27.